The maximum absolute atomic E-state index is 12.1. The molecule has 0 bridgehead atoms. The number of esters is 2. The molecule has 0 saturated carbocycles. The quantitative estimate of drug-likeness (QED) is 0.0776. The van der Waals surface area contributed by atoms with Crippen molar-refractivity contribution in [2.75, 3.05) is 13.2 Å². The molecule has 0 aliphatic carbocycles. The number of aliphatic hydroxyl groups is 1. The molecule has 0 radical (unpaired) electrons. The minimum absolute atomic E-state index is 0.0583. The van der Waals surface area contributed by atoms with Gasteiger partial charge < -0.3 is 14.6 Å². The van der Waals surface area contributed by atoms with Gasteiger partial charge in [0.1, 0.15) is 6.61 Å². The van der Waals surface area contributed by atoms with Gasteiger partial charge in [0.15, 0.2) is 6.10 Å². The second-order valence-corrected chi connectivity index (χ2v) is 10.9. The van der Waals surface area contributed by atoms with Crippen LogP contribution in [-0.4, -0.2) is 36.4 Å². The summed E-state index contributed by atoms with van der Waals surface area (Å²) in [6.07, 6.45) is 28.7. The zero-order valence-electron chi connectivity index (χ0n) is 24.7. The van der Waals surface area contributed by atoms with E-state index in [9.17, 15) is 14.7 Å². The van der Waals surface area contributed by atoms with E-state index in [0.29, 0.717) is 12.8 Å². The second kappa shape index (κ2) is 29.5. The Balaban J connectivity index is 3.54. The Hall–Kier alpha value is -1.10. The monoisotopic (exact) mass is 526 g/mol. The molecule has 0 aromatic carbocycles. The number of rotatable bonds is 29. The number of hydrogen-bond donors (Lipinski definition) is 1. The van der Waals surface area contributed by atoms with Crippen LogP contribution in [0.15, 0.2) is 0 Å². The third kappa shape index (κ3) is 27.7. The fraction of sp³-hybridized carbons (Fsp3) is 0.938. The molecule has 0 aromatic rings. The summed E-state index contributed by atoms with van der Waals surface area (Å²) in [6, 6.07) is 0. The number of ether oxygens (including phenoxy) is 2. The van der Waals surface area contributed by atoms with Gasteiger partial charge in [-0.25, -0.2) is 0 Å². The highest BCUT2D eigenvalue weighted by molar-refractivity contribution is 5.70. The van der Waals surface area contributed by atoms with E-state index in [2.05, 4.69) is 13.8 Å². The van der Waals surface area contributed by atoms with E-state index in [1.807, 2.05) is 0 Å². The topological polar surface area (TPSA) is 72.8 Å². The van der Waals surface area contributed by atoms with Crippen LogP contribution in [0.2, 0.25) is 0 Å². The van der Waals surface area contributed by atoms with Gasteiger partial charge in [0.05, 0.1) is 6.61 Å². The van der Waals surface area contributed by atoms with Crippen LogP contribution in [0.25, 0.3) is 0 Å². The van der Waals surface area contributed by atoms with Crippen LogP contribution in [-0.2, 0) is 19.1 Å². The van der Waals surface area contributed by atoms with E-state index >= 15 is 0 Å². The van der Waals surface area contributed by atoms with Crippen molar-refractivity contribution in [3.8, 4) is 0 Å². The van der Waals surface area contributed by atoms with Crippen LogP contribution in [0, 0.1) is 0 Å². The fourth-order valence-electron chi connectivity index (χ4n) is 4.67. The summed E-state index contributed by atoms with van der Waals surface area (Å²) in [7, 11) is 0. The van der Waals surface area contributed by atoms with Crippen LogP contribution in [0.1, 0.15) is 174 Å². The Morgan fingerprint density at radius 1 is 0.514 bits per heavy atom. The Labute approximate surface area is 229 Å². The number of carbonyl (C=O) groups is 2. The molecular weight excluding hydrogens is 464 g/mol. The van der Waals surface area contributed by atoms with Crippen molar-refractivity contribution in [1.29, 1.82) is 0 Å². The molecule has 0 saturated heterocycles. The molecule has 0 unspecified atom stereocenters. The molecule has 5 nitrogen and oxygen atoms in total. The number of carbonyl (C=O) groups excluding carboxylic acids is 2. The minimum Gasteiger partial charge on any atom is -0.462 e. The lowest BCUT2D eigenvalue weighted by molar-refractivity contribution is -0.161. The molecule has 0 heterocycles. The molecule has 1 atom stereocenters. The Morgan fingerprint density at radius 3 is 1.19 bits per heavy atom. The van der Waals surface area contributed by atoms with Gasteiger partial charge in [0.2, 0.25) is 0 Å². The van der Waals surface area contributed by atoms with Gasteiger partial charge in [-0.3, -0.25) is 9.59 Å². The molecule has 0 aromatic heterocycles. The zero-order chi connectivity index (χ0) is 27.2. The molecule has 220 valence electrons. The Morgan fingerprint density at radius 2 is 0.838 bits per heavy atom. The fourth-order valence-corrected chi connectivity index (χ4v) is 4.67. The summed E-state index contributed by atoms with van der Waals surface area (Å²) in [5, 5.41) is 9.46. The first-order valence-corrected chi connectivity index (χ1v) is 16.1. The molecule has 0 amide bonds. The molecule has 0 aliphatic rings. The van der Waals surface area contributed by atoms with Crippen LogP contribution in [0.3, 0.4) is 0 Å². The van der Waals surface area contributed by atoms with Crippen LogP contribution >= 0.6 is 0 Å². The maximum Gasteiger partial charge on any atom is 0.306 e. The lowest BCUT2D eigenvalue weighted by atomic mass is 10.0. The van der Waals surface area contributed by atoms with Gasteiger partial charge in [-0.2, -0.15) is 0 Å². The first-order valence-electron chi connectivity index (χ1n) is 16.1. The lowest BCUT2D eigenvalue weighted by Crippen LogP contribution is -2.28. The normalized spacial score (nSPS) is 12.0. The predicted octanol–water partition coefficient (Wildman–Crippen LogP) is 9.23. The minimum atomic E-state index is -0.758. The largest absolute Gasteiger partial charge is 0.462 e. The highest BCUT2D eigenvalue weighted by atomic mass is 16.6. The van der Waals surface area contributed by atoms with Crippen LogP contribution < -0.4 is 0 Å². The van der Waals surface area contributed by atoms with Gasteiger partial charge in [-0.05, 0) is 12.8 Å². The molecule has 0 aliphatic heterocycles. The Bertz CT molecular complexity index is 494. The summed E-state index contributed by atoms with van der Waals surface area (Å²) in [4.78, 5) is 24.0. The van der Waals surface area contributed by atoms with Crippen molar-refractivity contribution >= 4 is 11.9 Å². The smallest absolute Gasteiger partial charge is 0.306 e. The summed E-state index contributed by atoms with van der Waals surface area (Å²) >= 11 is 0. The van der Waals surface area contributed by atoms with Gasteiger partial charge in [-0.1, -0.05) is 149 Å². The molecular formula is C32H62O5. The SMILES string of the molecule is CCCCCCCCCCCCCCCCC(=O)O[C@@H](CO)COC(=O)CCCCCCCCCCC. The predicted molar refractivity (Wildman–Crippen MR) is 155 cm³/mol. The Kier molecular flexibility index (Phi) is 28.6. The van der Waals surface area contributed by atoms with Crippen molar-refractivity contribution in [2.45, 2.75) is 180 Å². The lowest BCUT2D eigenvalue weighted by Gasteiger charge is -2.15. The molecule has 0 rings (SSSR count). The van der Waals surface area contributed by atoms with Crippen LogP contribution in [0.4, 0.5) is 0 Å². The van der Waals surface area contributed by atoms with Crippen molar-refractivity contribution in [2.24, 2.45) is 0 Å². The average Bonchev–Trinajstić information content (AvgIpc) is 2.90. The third-order valence-corrected chi connectivity index (χ3v) is 7.15. The molecule has 5 heteroatoms. The van der Waals surface area contributed by atoms with Crippen molar-refractivity contribution in [3.63, 3.8) is 0 Å². The standard InChI is InChI=1S/C32H62O5/c1-3-5-7-9-11-13-14-15-16-17-19-21-23-25-27-32(35)37-30(28-33)29-36-31(34)26-24-22-20-18-12-10-8-6-4-2/h30,33H,3-29H2,1-2H3/t30-/m0/s1. The first-order chi connectivity index (χ1) is 18.1. The van der Waals surface area contributed by atoms with Gasteiger partial charge >= 0.3 is 11.9 Å². The number of unbranched alkanes of at least 4 members (excludes halogenated alkanes) is 21. The van der Waals surface area contributed by atoms with E-state index in [-0.39, 0.29) is 25.2 Å². The van der Waals surface area contributed by atoms with Gasteiger partial charge in [-0.15, -0.1) is 0 Å². The van der Waals surface area contributed by atoms with E-state index in [1.54, 1.807) is 0 Å². The molecule has 0 fully saturated rings. The molecule has 1 N–H and O–H groups in total. The van der Waals surface area contributed by atoms with Crippen molar-refractivity contribution in [1.82, 2.24) is 0 Å². The summed E-state index contributed by atoms with van der Waals surface area (Å²) in [5.74, 6) is -0.586. The van der Waals surface area contributed by atoms with Crippen molar-refractivity contribution in [3.05, 3.63) is 0 Å². The third-order valence-electron chi connectivity index (χ3n) is 7.15. The van der Waals surface area contributed by atoms with Crippen molar-refractivity contribution < 1.29 is 24.2 Å². The highest BCUT2D eigenvalue weighted by Crippen LogP contribution is 2.14. The summed E-state index contributed by atoms with van der Waals surface area (Å²) in [6.45, 7) is 4.11. The maximum atomic E-state index is 12.1. The summed E-state index contributed by atoms with van der Waals surface area (Å²) in [5.41, 5.74) is 0. The van der Waals surface area contributed by atoms with Gasteiger partial charge in [0.25, 0.3) is 0 Å². The first kappa shape index (κ1) is 35.9. The molecule has 37 heavy (non-hydrogen) atoms. The van der Waals surface area contributed by atoms with E-state index in [4.69, 9.17) is 9.47 Å². The number of hydrogen-bond acceptors (Lipinski definition) is 5. The number of aliphatic hydroxyl groups excluding tert-OH is 1. The highest BCUT2D eigenvalue weighted by Gasteiger charge is 2.16. The van der Waals surface area contributed by atoms with E-state index in [0.717, 1.165) is 38.5 Å². The summed E-state index contributed by atoms with van der Waals surface area (Å²) < 4.78 is 10.5. The van der Waals surface area contributed by atoms with Gasteiger partial charge in [0, 0.05) is 12.8 Å². The van der Waals surface area contributed by atoms with E-state index < -0.39 is 6.10 Å². The average molecular weight is 527 g/mol. The molecule has 0 spiro atoms. The van der Waals surface area contributed by atoms with Crippen LogP contribution in [0.5, 0.6) is 0 Å². The second-order valence-electron chi connectivity index (χ2n) is 10.9. The van der Waals surface area contributed by atoms with E-state index in [1.165, 1.54) is 109 Å². The zero-order valence-corrected chi connectivity index (χ0v) is 24.7.